The maximum absolute atomic E-state index is 6.46. The smallest absolute Gasteiger partial charge is 0.0452 e. The van der Waals surface area contributed by atoms with Crippen molar-refractivity contribution in [3.05, 3.63) is 35.9 Å². The minimum atomic E-state index is 0.0989. The molecule has 1 aromatic carbocycles. The molecule has 0 fully saturated rings. The van der Waals surface area contributed by atoms with Gasteiger partial charge >= 0.3 is 0 Å². The van der Waals surface area contributed by atoms with Gasteiger partial charge in [0.2, 0.25) is 0 Å². The van der Waals surface area contributed by atoms with E-state index in [1.807, 2.05) is 6.07 Å². The number of benzene rings is 1. The van der Waals surface area contributed by atoms with Gasteiger partial charge in [0.05, 0.1) is 0 Å². The first-order chi connectivity index (χ1) is 8.65. The zero-order valence-corrected chi connectivity index (χ0v) is 12.3. The van der Waals surface area contributed by atoms with Crippen molar-refractivity contribution in [2.45, 2.75) is 58.2 Å². The molecule has 0 aromatic heterocycles. The standard InChI is InChI=1S/C16H28N2/c1-5-14(6-2)18(4)15(7-3)16(17)13-11-9-8-10-12-13/h8-12,14-16H,5-7,17H2,1-4H3. The molecule has 2 nitrogen and oxygen atoms in total. The zero-order chi connectivity index (χ0) is 13.5. The van der Waals surface area contributed by atoms with Gasteiger partial charge in [0.1, 0.15) is 0 Å². The molecule has 0 aliphatic heterocycles. The quantitative estimate of drug-likeness (QED) is 0.799. The molecule has 102 valence electrons. The van der Waals surface area contributed by atoms with Crippen LogP contribution in [0, 0.1) is 0 Å². The molecule has 18 heavy (non-hydrogen) atoms. The van der Waals surface area contributed by atoms with Crippen molar-refractivity contribution < 1.29 is 0 Å². The van der Waals surface area contributed by atoms with Gasteiger partial charge in [-0.3, -0.25) is 4.90 Å². The van der Waals surface area contributed by atoms with E-state index in [0.29, 0.717) is 12.1 Å². The van der Waals surface area contributed by atoms with Crippen LogP contribution in [0.15, 0.2) is 30.3 Å². The number of hydrogen-bond donors (Lipinski definition) is 1. The van der Waals surface area contributed by atoms with Crippen LogP contribution in [0.4, 0.5) is 0 Å². The molecule has 2 unspecified atom stereocenters. The number of nitrogens with two attached hydrogens (primary N) is 1. The van der Waals surface area contributed by atoms with E-state index in [-0.39, 0.29) is 6.04 Å². The maximum Gasteiger partial charge on any atom is 0.0452 e. The number of likely N-dealkylation sites (N-methyl/N-ethyl adjacent to an activating group) is 1. The maximum atomic E-state index is 6.46. The molecule has 1 aromatic rings. The summed E-state index contributed by atoms with van der Waals surface area (Å²) >= 11 is 0. The fourth-order valence-corrected chi connectivity index (χ4v) is 2.83. The SMILES string of the molecule is CCC(CC)N(C)C(CC)C(N)c1ccccc1. The Bertz CT molecular complexity index is 319. The first kappa shape index (κ1) is 15.2. The van der Waals surface area contributed by atoms with Gasteiger partial charge in [-0.2, -0.15) is 0 Å². The summed E-state index contributed by atoms with van der Waals surface area (Å²) in [6.07, 6.45) is 3.46. The van der Waals surface area contributed by atoms with Crippen LogP contribution in [0.1, 0.15) is 51.6 Å². The van der Waals surface area contributed by atoms with E-state index in [0.717, 1.165) is 6.42 Å². The van der Waals surface area contributed by atoms with Gasteiger partial charge in [0.15, 0.2) is 0 Å². The summed E-state index contributed by atoms with van der Waals surface area (Å²) < 4.78 is 0. The summed E-state index contributed by atoms with van der Waals surface area (Å²) in [5.41, 5.74) is 7.69. The number of rotatable bonds is 7. The van der Waals surface area contributed by atoms with Crippen molar-refractivity contribution in [2.75, 3.05) is 7.05 Å². The lowest BCUT2D eigenvalue weighted by atomic mass is 9.95. The summed E-state index contributed by atoms with van der Waals surface area (Å²) in [6, 6.07) is 11.6. The molecule has 0 saturated carbocycles. The summed E-state index contributed by atoms with van der Waals surface area (Å²) in [5.74, 6) is 0. The second kappa shape index (κ2) is 7.55. The molecular weight excluding hydrogens is 220 g/mol. The molecule has 0 bridgehead atoms. The van der Waals surface area contributed by atoms with E-state index in [9.17, 15) is 0 Å². The van der Waals surface area contributed by atoms with Crippen molar-refractivity contribution in [1.29, 1.82) is 0 Å². The number of hydrogen-bond acceptors (Lipinski definition) is 2. The zero-order valence-electron chi connectivity index (χ0n) is 12.3. The van der Waals surface area contributed by atoms with Gasteiger partial charge in [-0.25, -0.2) is 0 Å². The van der Waals surface area contributed by atoms with Crippen LogP contribution in [0.2, 0.25) is 0 Å². The largest absolute Gasteiger partial charge is 0.323 e. The Morgan fingerprint density at radius 1 is 1.00 bits per heavy atom. The second-order valence-electron chi connectivity index (χ2n) is 5.05. The van der Waals surface area contributed by atoms with Crippen molar-refractivity contribution in [3.63, 3.8) is 0 Å². The molecule has 2 N–H and O–H groups in total. The van der Waals surface area contributed by atoms with Crippen LogP contribution in [-0.4, -0.2) is 24.0 Å². The second-order valence-corrected chi connectivity index (χ2v) is 5.05. The Labute approximate surface area is 112 Å². The monoisotopic (exact) mass is 248 g/mol. The van der Waals surface area contributed by atoms with Gasteiger partial charge in [-0.05, 0) is 31.9 Å². The predicted molar refractivity (Wildman–Crippen MR) is 79.6 cm³/mol. The van der Waals surface area contributed by atoms with E-state index < -0.39 is 0 Å². The molecule has 2 heteroatoms. The van der Waals surface area contributed by atoms with E-state index in [1.54, 1.807) is 0 Å². The molecule has 0 aliphatic rings. The van der Waals surface area contributed by atoms with Gasteiger partial charge in [-0.1, -0.05) is 51.1 Å². The molecule has 0 radical (unpaired) electrons. The van der Waals surface area contributed by atoms with Crippen LogP contribution in [-0.2, 0) is 0 Å². The third kappa shape index (κ3) is 3.56. The van der Waals surface area contributed by atoms with E-state index in [2.05, 4.69) is 57.0 Å². The third-order valence-electron chi connectivity index (χ3n) is 4.06. The molecule has 1 rings (SSSR count). The Morgan fingerprint density at radius 2 is 1.56 bits per heavy atom. The highest BCUT2D eigenvalue weighted by Crippen LogP contribution is 2.23. The summed E-state index contributed by atoms with van der Waals surface area (Å²) in [5, 5.41) is 0. The van der Waals surface area contributed by atoms with Gasteiger partial charge < -0.3 is 5.73 Å². The predicted octanol–water partition coefficient (Wildman–Crippen LogP) is 3.59. The van der Waals surface area contributed by atoms with Crippen molar-refractivity contribution >= 4 is 0 Å². The molecule has 0 heterocycles. The minimum Gasteiger partial charge on any atom is -0.323 e. The Kier molecular flexibility index (Phi) is 6.37. The molecule has 2 atom stereocenters. The van der Waals surface area contributed by atoms with Crippen LogP contribution < -0.4 is 5.73 Å². The Morgan fingerprint density at radius 3 is 2.00 bits per heavy atom. The molecule has 0 saturated heterocycles. The average Bonchev–Trinajstić information content (AvgIpc) is 2.42. The fraction of sp³-hybridized carbons (Fsp3) is 0.625. The van der Waals surface area contributed by atoms with Crippen LogP contribution in [0.25, 0.3) is 0 Å². The summed E-state index contributed by atoms with van der Waals surface area (Å²) in [6.45, 7) is 6.74. The highest BCUT2D eigenvalue weighted by Gasteiger charge is 2.25. The van der Waals surface area contributed by atoms with Crippen LogP contribution in [0.5, 0.6) is 0 Å². The van der Waals surface area contributed by atoms with Gasteiger partial charge in [0.25, 0.3) is 0 Å². The molecule has 0 aliphatic carbocycles. The summed E-state index contributed by atoms with van der Waals surface area (Å²) in [7, 11) is 2.22. The normalized spacial score (nSPS) is 15.1. The lowest BCUT2D eigenvalue weighted by Gasteiger charge is -2.37. The van der Waals surface area contributed by atoms with E-state index in [1.165, 1.54) is 18.4 Å². The van der Waals surface area contributed by atoms with E-state index in [4.69, 9.17) is 5.73 Å². The topological polar surface area (TPSA) is 29.3 Å². The molecule has 0 amide bonds. The Balaban J connectivity index is 2.82. The molecule has 0 spiro atoms. The first-order valence-corrected chi connectivity index (χ1v) is 7.18. The van der Waals surface area contributed by atoms with E-state index >= 15 is 0 Å². The number of nitrogens with zero attached hydrogens (tertiary/aromatic N) is 1. The van der Waals surface area contributed by atoms with Gasteiger partial charge in [0, 0.05) is 18.1 Å². The first-order valence-electron chi connectivity index (χ1n) is 7.18. The highest BCUT2D eigenvalue weighted by molar-refractivity contribution is 5.20. The lowest BCUT2D eigenvalue weighted by molar-refractivity contribution is 0.138. The Hall–Kier alpha value is -0.860. The van der Waals surface area contributed by atoms with Crippen LogP contribution in [0.3, 0.4) is 0 Å². The van der Waals surface area contributed by atoms with Crippen molar-refractivity contribution in [2.24, 2.45) is 5.73 Å². The van der Waals surface area contributed by atoms with Crippen LogP contribution >= 0.6 is 0 Å². The average molecular weight is 248 g/mol. The summed E-state index contributed by atoms with van der Waals surface area (Å²) in [4.78, 5) is 2.47. The third-order valence-corrected chi connectivity index (χ3v) is 4.06. The minimum absolute atomic E-state index is 0.0989. The highest BCUT2D eigenvalue weighted by atomic mass is 15.2. The van der Waals surface area contributed by atoms with Crippen molar-refractivity contribution in [1.82, 2.24) is 4.90 Å². The lowest BCUT2D eigenvalue weighted by Crippen LogP contribution is -2.45. The van der Waals surface area contributed by atoms with Gasteiger partial charge in [-0.15, -0.1) is 0 Å². The van der Waals surface area contributed by atoms with Crippen molar-refractivity contribution in [3.8, 4) is 0 Å². The molecular formula is C16H28N2. The fourth-order valence-electron chi connectivity index (χ4n) is 2.83.